The van der Waals surface area contributed by atoms with E-state index in [-0.39, 0.29) is 23.2 Å². The standard InChI is InChI=1S/C14H17N5O2/c1-10(11-6-4-3-5-7-11)8-16-14-12(19(20)21)13(15-2)17-9-18-14/h3-7,9-10H,8H2,1-2H3,(H2,15,16,17,18). The summed E-state index contributed by atoms with van der Waals surface area (Å²) in [7, 11) is 1.59. The average Bonchev–Trinajstić information content (AvgIpc) is 2.52. The van der Waals surface area contributed by atoms with Crippen LogP contribution in [-0.2, 0) is 0 Å². The number of rotatable bonds is 6. The van der Waals surface area contributed by atoms with Crippen molar-refractivity contribution < 1.29 is 4.92 Å². The zero-order chi connectivity index (χ0) is 15.2. The van der Waals surface area contributed by atoms with Gasteiger partial charge >= 0.3 is 5.69 Å². The van der Waals surface area contributed by atoms with Gasteiger partial charge < -0.3 is 10.6 Å². The van der Waals surface area contributed by atoms with Crippen LogP contribution in [0.2, 0.25) is 0 Å². The highest BCUT2D eigenvalue weighted by Gasteiger charge is 2.22. The van der Waals surface area contributed by atoms with Crippen LogP contribution in [0.3, 0.4) is 0 Å². The lowest BCUT2D eigenvalue weighted by Crippen LogP contribution is -2.13. The van der Waals surface area contributed by atoms with Gasteiger partial charge in [-0.1, -0.05) is 37.3 Å². The van der Waals surface area contributed by atoms with Crippen molar-refractivity contribution in [2.45, 2.75) is 12.8 Å². The van der Waals surface area contributed by atoms with Crippen molar-refractivity contribution in [2.24, 2.45) is 0 Å². The predicted molar refractivity (Wildman–Crippen MR) is 81.6 cm³/mol. The Labute approximate surface area is 122 Å². The maximum absolute atomic E-state index is 11.2. The second kappa shape index (κ2) is 6.65. The first-order valence-corrected chi connectivity index (χ1v) is 6.59. The van der Waals surface area contributed by atoms with Crippen LogP contribution in [0.15, 0.2) is 36.7 Å². The summed E-state index contributed by atoms with van der Waals surface area (Å²) < 4.78 is 0. The first-order chi connectivity index (χ1) is 10.1. The largest absolute Gasteiger partial charge is 0.367 e. The summed E-state index contributed by atoms with van der Waals surface area (Å²) in [5.74, 6) is 0.630. The first kappa shape index (κ1) is 14.7. The molecule has 2 aromatic rings. The monoisotopic (exact) mass is 287 g/mol. The summed E-state index contributed by atoms with van der Waals surface area (Å²) in [6.07, 6.45) is 1.30. The van der Waals surface area contributed by atoms with Gasteiger partial charge in [0.25, 0.3) is 0 Å². The molecule has 0 aliphatic heterocycles. The molecule has 7 nitrogen and oxygen atoms in total. The molecule has 0 fully saturated rings. The highest BCUT2D eigenvalue weighted by atomic mass is 16.6. The van der Waals surface area contributed by atoms with Crippen LogP contribution < -0.4 is 10.6 Å². The van der Waals surface area contributed by atoms with E-state index in [0.717, 1.165) is 5.56 Å². The van der Waals surface area contributed by atoms with Crippen LogP contribution in [0, 0.1) is 10.1 Å². The number of hydrogen-bond acceptors (Lipinski definition) is 6. The molecule has 0 saturated heterocycles. The van der Waals surface area contributed by atoms with E-state index in [9.17, 15) is 10.1 Å². The van der Waals surface area contributed by atoms with Gasteiger partial charge in [0.1, 0.15) is 6.33 Å². The van der Waals surface area contributed by atoms with Gasteiger partial charge in [-0.25, -0.2) is 9.97 Å². The van der Waals surface area contributed by atoms with Gasteiger partial charge in [0.2, 0.25) is 11.6 Å². The lowest BCUT2D eigenvalue weighted by molar-refractivity contribution is -0.383. The highest BCUT2D eigenvalue weighted by Crippen LogP contribution is 2.29. The van der Waals surface area contributed by atoms with E-state index < -0.39 is 4.92 Å². The Kier molecular flexibility index (Phi) is 4.65. The van der Waals surface area contributed by atoms with Gasteiger partial charge in [-0.05, 0) is 11.5 Å². The van der Waals surface area contributed by atoms with Crippen molar-refractivity contribution >= 4 is 17.3 Å². The summed E-state index contributed by atoms with van der Waals surface area (Å²) in [6, 6.07) is 9.95. The lowest BCUT2D eigenvalue weighted by atomic mass is 10.0. The number of aromatic nitrogens is 2. The summed E-state index contributed by atoms with van der Waals surface area (Å²) in [6.45, 7) is 2.60. The smallest absolute Gasteiger partial charge is 0.353 e. The number of hydrogen-bond donors (Lipinski definition) is 2. The topological polar surface area (TPSA) is 93.0 Å². The molecule has 2 rings (SSSR count). The van der Waals surface area contributed by atoms with E-state index >= 15 is 0 Å². The van der Waals surface area contributed by atoms with Crippen LogP contribution in [0.4, 0.5) is 17.3 Å². The van der Waals surface area contributed by atoms with Gasteiger partial charge in [0.05, 0.1) is 4.92 Å². The van der Waals surface area contributed by atoms with Crippen LogP contribution in [0.1, 0.15) is 18.4 Å². The molecule has 0 amide bonds. The number of nitro groups is 1. The Balaban J connectivity index is 2.15. The Hall–Kier alpha value is -2.70. The highest BCUT2D eigenvalue weighted by molar-refractivity contribution is 5.69. The van der Waals surface area contributed by atoms with Gasteiger partial charge in [0, 0.05) is 13.6 Å². The number of nitrogens with one attached hydrogen (secondary N) is 2. The Bertz CT molecular complexity index is 618. The summed E-state index contributed by atoms with van der Waals surface area (Å²) in [5, 5.41) is 16.9. The molecule has 0 radical (unpaired) electrons. The minimum atomic E-state index is -0.485. The minimum absolute atomic E-state index is 0.139. The van der Waals surface area contributed by atoms with Gasteiger partial charge in [-0.3, -0.25) is 10.1 Å². The molecule has 2 N–H and O–H groups in total. The van der Waals surface area contributed by atoms with E-state index in [1.165, 1.54) is 6.33 Å². The fourth-order valence-electron chi connectivity index (χ4n) is 2.01. The Morgan fingerprint density at radius 1 is 1.24 bits per heavy atom. The second-order valence-electron chi connectivity index (χ2n) is 4.62. The molecule has 0 bridgehead atoms. The van der Waals surface area contributed by atoms with E-state index in [0.29, 0.717) is 6.54 Å². The van der Waals surface area contributed by atoms with Gasteiger partial charge in [0.15, 0.2) is 0 Å². The van der Waals surface area contributed by atoms with Crippen molar-refractivity contribution in [3.05, 3.63) is 52.3 Å². The quantitative estimate of drug-likeness (QED) is 0.626. The fourth-order valence-corrected chi connectivity index (χ4v) is 2.01. The van der Waals surface area contributed by atoms with Crippen molar-refractivity contribution in [3.8, 4) is 0 Å². The van der Waals surface area contributed by atoms with E-state index in [4.69, 9.17) is 0 Å². The molecule has 1 aromatic carbocycles. The maximum Gasteiger partial charge on any atom is 0.353 e. The minimum Gasteiger partial charge on any atom is -0.367 e. The predicted octanol–water partition coefficient (Wildman–Crippen LogP) is 2.64. The molecule has 1 atom stereocenters. The normalized spacial score (nSPS) is 11.7. The molecule has 1 heterocycles. The lowest BCUT2D eigenvalue weighted by Gasteiger charge is -2.14. The number of benzene rings is 1. The molecule has 0 aliphatic rings. The van der Waals surface area contributed by atoms with E-state index in [2.05, 4.69) is 20.6 Å². The van der Waals surface area contributed by atoms with Gasteiger partial charge in [-0.15, -0.1) is 0 Å². The van der Waals surface area contributed by atoms with E-state index in [1.807, 2.05) is 37.3 Å². The Morgan fingerprint density at radius 3 is 2.52 bits per heavy atom. The average molecular weight is 287 g/mol. The summed E-state index contributed by atoms with van der Waals surface area (Å²) in [4.78, 5) is 18.5. The molecule has 1 unspecified atom stereocenters. The molecular weight excluding hydrogens is 270 g/mol. The van der Waals surface area contributed by atoms with Crippen molar-refractivity contribution in [1.82, 2.24) is 9.97 Å². The molecule has 110 valence electrons. The van der Waals surface area contributed by atoms with Crippen LogP contribution in [0.5, 0.6) is 0 Å². The van der Waals surface area contributed by atoms with Crippen molar-refractivity contribution in [3.63, 3.8) is 0 Å². The van der Waals surface area contributed by atoms with Gasteiger partial charge in [-0.2, -0.15) is 0 Å². The first-order valence-electron chi connectivity index (χ1n) is 6.59. The number of anilines is 2. The molecule has 0 saturated carbocycles. The second-order valence-corrected chi connectivity index (χ2v) is 4.62. The zero-order valence-electron chi connectivity index (χ0n) is 11.9. The number of nitrogens with zero attached hydrogens (tertiary/aromatic N) is 3. The van der Waals surface area contributed by atoms with Crippen molar-refractivity contribution in [1.29, 1.82) is 0 Å². The maximum atomic E-state index is 11.2. The molecule has 0 aliphatic carbocycles. The SMILES string of the molecule is CNc1ncnc(NCC(C)c2ccccc2)c1[N+](=O)[O-]. The van der Waals surface area contributed by atoms with Crippen LogP contribution in [0.25, 0.3) is 0 Å². The zero-order valence-corrected chi connectivity index (χ0v) is 11.9. The Morgan fingerprint density at radius 2 is 1.90 bits per heavy atom. The molecular formula is C14H17N5O2. The van der Waals surface area contributed by atoms with Crippen LogP contribution in [-0.4, -0.2) is 28.5 Å². The summed E-state index contributed by atoms with van der Waals surface area (Å²) >= 11 is 0. The third-order valence-corrected chi connectivity index (χ3v) is 3.19. The third kappa shape index (κ3) is 3.44. The fraction of sp³-hybridized carbons (Fsp3) is 0.286. The molecule has 21 heavy (non-hydrogen) atoms. The van der Waals surface area contributed by atoms with E-state index in [1.54, 1.807) is 7.05 Å². The molecule has 0 spiro atoms. The molecule has 7 heteroatoms. The van der Waals surface area contributed by atoms with Crippen molar-refractivity contribution in [2.75, 3.05) is 24.2 Å². The third-order valence-electron chi connectivity index (χ3n) is 3.19. The molecule has 1 aromatic heterocycles. The summed E-state index contributed by atoms with van der Waals surface area (Å²) in [5.41, 5.74) is 1.02. The van der Waals surface area contributed by atoms with Crippen LogP contribution >= 0.6 is 0 Å².